The summed E-state index contributed by atoms with van der Waals surface area (Å²) in [4.78, 5) is 0. The van der Waals surface area contributed by atoms with Gasteiger partial charge >= 0.3 is 0 Å². The summed E-state index contributed by atoms with van der Waals surface area (Å²) in [7, 11) is 1.41. The second-order valence-electron chi connectivity index (χ2n) is 6.43. The first-order valence-electron chi connectivity index (χ1n) is 8.26. The Labute approximate surface area is 131 Å². The molecule has 0 spiro atoms. The SMILES string of the molecule is CC=CCOC1CCC(C2CCC(OC)C(F)C2F)CC1F. The number of hydrogen-bond acceptors (Lipinski definition) is 2. The Balaban J connectivity index is 1.87. The van der Waals surface area contributed by atoms with Gasteiger partial charge in [0.1, 0.15) is 12.3 Å². The first-order chi connectivity index (χ1) is 10.6. The molecule has 0 aromatic carbocycles. The fraction of sp³-hybridized carbons (Fsp3) is 0.882. The third kappa shape index (κ3) is 4.05. The van der Waals surface area contributed by atoms with Gasteiger partial charge in [0.05, 0.1) is 18.8 Å². The van der Waals surface area contributed by atoms with Gasteiger partial charge in [0.2, 0.25) is 0 Å². The van der Waals surface area contributed by atoms with Crippen LogP contribution in [0.1, 0.15) is 39.0 Å². The molecule has 2 nitrogen and oxygen atoms in total. The number of rotatable bonds is 5. The average molecular weight is 320 g/mol. The summed E-state index contributed by atoms with van der Waals surface area (Å²) < 4.78 is 53.1. The minimum atomic E-state index is -1.59. The Kier molecular flexibility index (Phi) is 6.75. The molecule has 2 aliphatic carbocycles. The normalized spacial score (nSPS) is 43.6. The van der Waals surface area contributed by atoms with Gasteiger partial charge in [-0.2, -0.15) is 0 Å². The molecule has 2 rings (SSSR count). The monoisotopic (exact) mass is 320 g/mol. The highest BCUT2D eigenvalue weighted by Gasteiger charge is 2.45. The molecule has 22 heavy (non-hydrogen) atoms. The van der Waals surface area contributed by atoms with E-state index in [2.05, 4.69) is 0 Å². The molecule has 7 unspecified atom stereocenters. The summed E-state index contributed by atoms with van der Waals surface area (Å²) >= 11 is 0. The van der Waals surface area contributed by atoms with Crippen LogP contribution in [0.25, 0.3) is 0 Å². The van der Waals surface area contributed by atoms with Gasteiger partial charge in [0.25, 0.3) is 0 Å². The van der Waals surface area contributed by atoms with Gasteiger partial charge in [-0.1, -0.05) is 12.2 Å². The quantitative estimate of drug-likeness (QED) is 0.707. The third-order valence-electron chi connectivity index (χ3n) is 5.16. The zero-order valence-corrected chi connectivity index (χ0v) is 13.4. The van der Waals surface area contributed by atoms with E-state index in [0.717, 1.165) is 0 Å². The maximum absolute atomic E-state index is 14.3. The lowest BCUT2D eigenvalue weighted by Crippen LogP contribution is -2.47. The van der Waals surface area contributed by atoms with E-state index in [0.29, 0.717) is 32.3 Å². The molecule has 0 N–H and O–H groups in total. The van der Waals surface area contributed by atoms with E-state index in [-0.39, 0.29) is 12.3 Å². The molecular formula is C17H27F3O2. The van der Waals surface area contributed by atoms with Crippen LogP contribution in [-0.4, -0.2) is 44.4 Å². The fourth-order valence-corrected chi connectivity index (χ4v) is 3.83. The Morgan fingerprint density at radius 1 is 1.00 bits per heavy atom. The first kappa shape index (κ1) is 17.8. The number of alkyl halides is 3. The van der Waals surface area contributed by atoms with Crippen LogP contribution in [0.3, 0.4) is 0 Å². The summed E-state index contributed by atoms with van der Waals surface area (Å²) in [5.74, 6) is -0.487. The highest BCUT2D eigenvalue weighted by molar-refractivity contribution is 4.95. The lowest BCUT2D eigenvalue weighted by Gasteiger charge is -2.41. The standard InChI is InChI=1S/C17H27F3O2/c1-3-4-9-22-14-7-5-11(10-13(14)18)12-6-8-15(21-2)17(20)16(12)19/h3-4,11-17H,5-10H2,1-2H3. The van der Waals surface area contributed by atoms with E-state index in [4.69, 9.17) is 9.47 Å². The summed E-state index contributed by atoms with van der Waals surface area (Å²) in [6.45, 7) is 2.29. The van der Waals surface area contributed by atoms with Crippen molar-refractivity contribution in [1.82, 2.24) is 0 Å². The van der Waals surface area contributed by atoms with Crippen LogP contribution >= 0.6 is 0 Å². The van der Waals surface area contributed by atoms with Crippen molar-refractivity contribution in [2.45, 2.75) is 69.8 Å². The number of allylic oxidation sites excluding steroid dienone is 1. The largest absolute Gasteiger partial charge is 0.378 e. The molecule has 5 heteroatoms. The summed E-state index contributed by atoms with van der Waals surface area (Å²) in [5, 5.41) is 0. The number of ether oxygens (including phenoxy) is 2. The third-order valence-corrected chi connectivity index (χ3v) is 5.16. The van der Waals surface area contributed by atoms with Gasteiger partial charge in [0.15, 0.2) is 6.17 Å². The van der Waals surface area contributed by atoms with Crippen LogP contribution in [0, 0.1) is 11.8 Å². The Morgan fingerprint density at radius 3 is 2.36 bits per heavy atom. The molecular weight excluding hydrogens is 293 g/mol. The molecule has 0 aromatic rings. The van der Waals surface area contributed by atoms with Gasteiger partial charge in [-0.3, -0.25) is 0 Å². The molecule has 0 saturated heterocycles. The molecule has 7 atom stereocenters. The summed E-state index contributed by atoms with van der Waals surface area (Å²) in [6, 6.07) is 0. The minimum Gasteiger partial charge on any atom is -0.378 e. The maximum Gasteiger partial charge on any atom is 0.157 e. The van der Waals surface area contributed by atoms with E-state index in [9.17, 15) is 13.2 Å². The average Bonchev–Trinajstić information content (AvgIpc) is 2.52. The van der Waals surface area contributed by atoms with Gasteiger partial charge in [-0.05, 0) is 50.9 Å². The molecule has 128 valence electrons. The lowest BCUT2D eigenvalue weighted by atomic mass is 9.70. The highest BCUT2D eigenvalue weighted by atomic mass is 19.2. The van der Waals surface area contributed by atoms with Gasteiger partial charge in [0, 0.05) is 7.11 Å². The van der Waals surface area contributed by atoms with Gasteiger partial charge < -0.3 is 9.47 Å². The first-order valence-corrected chi connectivity index (χ1v) is 8.26. The van der Waals surface area contributed by atoms with Crippen molar-refractivity contribution in [3.8, 4) is 0 Å². The second-order valence-corrected chi connectivity index (χ2v) is 6.43. The van der Waals surface area contributed by atoms with Crippen molar-refractivity contribution >= 4 is 0 Å². The van der Waals surface area contributed by atoms with E-state index < -0.39 is 36.6 Å². The van der Waals surface area contributed by atoms with Crippen molar-refractivity contribution in [2.75, 3.05) is 13.7 Å². The van der Waals surface area contributed by atoms with E-state index >= 15 is 0 Å². The Bertz CT molecular complexity index is 364. The van der Waals surface area contributed by atoms with Crippen molar-refractivity contribution < 1.29 is 22.6 Å². The molecule has 0 aromatic heterocycles. The molecule has 2 saturated carbocycles. The van der Waals surface area contributed by atoms with Crippen LogP contribution in [0.2, 0.25) is 0 Å². The minimum absolute atomic E-state index is 0.0948. The Morgan fingerprint density at radius 2 is 1.73 bits per heavy atom. The molecule has 0 radical (unpaired) electrons. The number of hydrogen-bond donors (Lipinski definition) is 0. The van der Waals surface area contributed by atoms with Crippen molar-refractivity contribution in [3.63, 3.8) is 0 Å². The molecule has 0 bridgehead atoms. The maximum atomic E-state index is 14.3. The smallest absolute Gasteiger partial charge is 0.157 e. The summed E-state index contributed by atoms with van der Waals surface area (Å²) in [5.41, 5.74) is 0. The highest BCUT2D eigenvalue weighted by Crippen LogP contribution is 2.42. The molecule has 2 aliphatic rings. The van der Waals surface area contributed by atoms with Crippen LogP contribution in [0.5, 0.6) is 0 Å². The van der Waals surface area contributed by atoms with Crippen molar-refractivity contribution in [2.24, 2.45) is 11.8 Å². The fourth-order valence-electron chi connectivity index (χ4n) is 3.83. The van der Waals surface area contributed by atoms with Crippen LogP contribution in [-0.2, 0) is 9.47 Å². The van der Waals surface area contributed by atoms with Crippen molar-refractivity contribution in [1.29, 1.82) is 0 Å². The number of methoxy groups -OCH3 is 1. The molecule has 2 fully saturated rings. The topological polar surface area (TPSA) is 18.5 Å². The van der Waals surface area contributed by atoms with E-state index in [1.54, 1.807) is 0 Å². The van der Waals surface area contributed by atoms with Crippen molar-refractivity contribution in [3.05, 3.63) is 12.2 Å². The van der Waals surface area contributed by atoms with Crippen LogP contribution < -0.4 is 0 Å². The molecule has 0 aliphatic heterocycles. The van der Waals surface area contributed by atoms with E-state index in [1.165, 1.54) is 7.11 Å². The molecule has 0 heterocycles. The van der Waals surface area contributed by atoms with Crippen LogP contribution in [0.15, 0.2) is 12.2 Å². The number of halogens is 3. The lowest BCUT2D eigenvalue weighted by molar-refractivity contribution is -0.0869. The Hall–Kier alpha value is -0.550. The van der Waals surface area contributed by atoms with Crippen LogP contribution in [0.4, 0.5) is 13.2 Å². The second kappa shape index (κ2) is 8.34. The zero-order chi connectivity index (χ0) is 16.1. The van der Waals surface area contributed by atoms with Gasteiger partial charge in [-0.25, -0.2) is 13.2 Å². The molecule has 0 amide bonds. The zero-order valence-electron chi connectivity index (χ0n) is 13.4. The predicted octanol–water partition coefficient (Wildman–Crippen LogP) is 4.19. The predicted molar refractivity (Wildman–Crippen MR) is 80.1 cm³/mol. The van der Waals surface area contributed by atoms with Gasteiger partial charge in [-0.15, -0.1) is 0 Å². The van der Waals surface area contributed by atoms with E-state index in [1.807, 2.05) is 19.1 Å². The summed E-state index contributed by atoms with van der Waals surface area (Å²) in [6.07, 6.45) is 1.05.